The van der Waals surface area contributed by atoms with E-state index in [1.54, 1.807) is 0 Å². The third kappa shape index (κ3) is 1.98. The molecule has 2 aromatic carbocycles. The first-order chi connectivity index (χ1) is 7.31. The second-order valence-corrected chi connectivity index (χ2v) is 3.58. The number of hydrogen-bond acceptors (Lipinski definition) is 2. The molecule has 0 amide bonds. The van der Waals surface area contributed by atoms with E-state index >= 15 is 0 Å². The SMILES string of the molecule is N#CC(N)Cc1cccc2ccccc12. The number of nitriles is 1. The van der Waals surface area contributed by atoms with Crippen molar-refractivity contribution in [3.05, 3.63) is 48.0 Å². The predicted octanol–water partition coefficient (Wildman–Crippen LogP) is 2.23. The minimum atomic E-state index is -0.421. The number of fused-ring (bicyclic) bond motifs is 1. The van der Waals surface area contributed by atoms with Gasteiger partial charge in [0.05, 0.1) is 12.1 Å². The Morgan fingerprint density at radius 1 is 1.13 bits per heavy atom. The Kier molecular flexibility index (Phi) is 2.66. The molecule has 0 fully saturated rings. The van der Waals surface area contributed by atoms with Gasteiger partial charge in [-0.2, -0.15) is 5.26 Å². The van der Waals surface area contributed by atoms with Crippen LogP contribution in [0.1, 0.15) is 5.56 Å². The molecule has 2 rings (SSSR count). The lowest BCUT2D eigenvalue weighted by molar-refractivity contribution is 0.828. The van der Waals surface area contributed by atoms with Crippen LogP contribution in [0.2, 0.25) is 0 Å². The predicted molar refractivity (Wildman–Crippen MR) is 61.2 cm³/mol. The van der Waals surface area contributed by atoms with E-state index in [1.165, 1.54) is 10.8 Å². The van der Waals surface area contributed by atoms with Crippen molar-refractivity contribution in [2.24, 2.45) is 5.73 Å². The highest BCUT2D eigenvalue weighted by atomic mass is 14.6. The second-order valence-electron chi connectivity index (χ2n) is 3.58. The third-order valence-corrected chi connectivity index (χ3v) is 2.49. The number of hydrogen-bond donors (Lipinski definition) is 1. The molecule has 0 saturated carbocycles. The molecule has 2 heteroatoms. The average molecular weight is 196 g/mol. The van der Waals surface area contributed by atoms with E-state index < -0.39 is 6.04 Å². The maximum Gasteiger partial charge on any atom is 0.0969 e. The highest BCUT2D eigenvalue weighted by Crippen LogP contribution is 2.19. The summed E-state index contributed by atoms with van der Waals surface area (Å²) in [5.74, 6) is 0. The molecule has 0 heterocycles. The molecular weight excluding hydrogens is 184 g/mol. The van der Waals surface area contributed by atoms with E-state index in [0.717, 1.165) is 5.56 Å². The lowest BCUT2D eigenvalue weighted by Gasteiger charge is -2.07. The zero-order valence-corrected chi connectivity index (χ0v) is 8.35. The summed E-state index contributed by atoms with van der Waals surface area (Å²) in [5.41, 5.74) is 6.78. The van der Waals surface area contributed by atoms with Gasteiger partial charge in [-0.3, -0.25) is 0 Å². The van der Waals surface area contributed by atoms with E-state index in [4.69, 9.17) is 11.0 Å². The topological polar surface area (TPSA) is 49.8 Å². The smallest absolute Gasteiger partial charge is 0.0969 e. The zero-order valence-electron chi connectivity index (χ0n) is 8.35. The number of nitrogens with zero attached hydrogens (tertiary/aromatic N) is 1. The van der Waals surface area contributed by atoms with Crippen molar-refractivity contribution < 1.29 is 0 Å². The van der Waals surface area contributed by atoms with E-state index in [1.807, 2.05) is 24.3 Å². The Morgan fingerprint density at radius 2 is 1.87 bits per heavy atom. The molecule has 1 unspecified atom stereocenters. The van der Waals surface area contributed by atoms with Gasteiger partial charge < -0.3 is 5.73 Å². The fraction of sp³-hybridized carbons (Fsp3) is 0.154. The molecule has 0 aliphatic rings. The van der Waals surface area contributed by atoms with Gasteiger partial charge in [-0.15, -0.1) is 0 Å². The molecule has 0 aliphatic heterocycles. The van der Waals surface area contributed by atoms with Crippen LogP contribution in [0, 0.1) is 11.3 Å². The quantitative estimate of drug-likeness (QED) is 0.800. The molecule has 0 saturated heterocycles. The molecule has 0 spiro atoms. The molecule has 15 heavy (non-hydrogen) atoms. The lowest BCUT2D eigenvalue weighted by atomic mass is 10.00. The van der Waals surface area contributed by atoms with Crippen molar-refractivity contribution in [1.29, 1.82) is 5.26 Å². The molecule has 2 N–H and O–H groups in total. The van der Waals surface area contributed by atoms with E-state index in [-0.39, 0.29) is 0 Å². The number of rotatable bonds is 2. The van der Waals surface area contributed by atoms with Gasteiger partial charge in [0.1, 0.15) is 0 Å². The number of nitrogens with two attached hydrogens (primary N) is 1. The zero-order chi connectivity index (χ0) is 10.7. The van der Waals surface area contributed by atoms with Crippen molar-refractivity contribution in [1.82, 2.24) is 0 Å². The average Bonchev–Trinajstić information content (AvgIpc) is 2.29. The van der Waals surface area contributed by atoms with Gasteiger partial charge in [0.2, 0.25) is 0 Å². The molecule has 1 atom stereocenters. The number of benzene rings is 2. The van der Waals surface area contributed by atoms with Crippen LogP contribution < -0.4 is 5.73 Å². The van der Waals surface area contributed by atoms with E-state index in [0.29, 0.717) is 6.42 Å². The highest BCUT2D eigenvalue weighted by Gasteiger charge is 2.05. The van der Waals surface area contributed by atoms with Crippen LogP contribution in [0.4, 0.5) is 0 Å². The van der Waals surface area contributed by atoms with Crippen LogP contribution in [-0.2, 0) is 6.42 Å². The monoisotopic (exact) mass is 196 g/mol. The van der Waals surface area contributed by atoms with Crippen LogP contribution in [0.3, 0.4) is 0 Å². The standard InChI is InChI=1S/C13H12N2/c14-9-12(15)8-11-6-3-5-10-4-1-2-7-13(10)11/h1-7,12H,8,15H2. The lowest BCUT2D eigenvalue weighted by Crippen LogP contribution is -2.20. The van der Waals surface area contributed by atoms with Crippen LogP contribution in [0.15, 0.2) is 42.5 Å². The Bertz CT molecular complexity index is 506. The van der Waals surface area contributed by atoms with Crippen molar-refractivity contribution in [3.8, 4) is 6.07 Å². The maximum absolute atomic E-state index is 8.69. The summed E-state index contributed by atoms with van der Waals surface area (Å²) in [6.45, 7) is 0. The Hall–Kier alpha value is -1.85. The first-order valence-electron chi connectivity index (χ1n) is 4.93. The summed E-state index contributed by atoms with van der Waals surface area (Å²) in [6, 6.07) is 15.9. The Balaban J connectivity index is 2.48. The summed E-state index contributed by atoms with van der Waals surface area (Å²) in [4.78, 5) is 0. The van der Waals surface area contributed by atoms with Crippen LogP contribution in [-0.4, -0.2) is 6.04 Å². The van der Waals surface area contributed by atoms with Crippen LogP contribution >= 0.6 is 0 Å². The van der Waals surface area contributed by atoms with Crippen molar-refractivity contribution >= 4 is 10.8 Å². The maximum atomic E-state index is 8.69. The van der Waals surface area contributed by atoms with Gasteiger partial charge in [0, 0.05) is 6.42 Å². The molecule has 2 aromatic rings. The summed E-state index contributed by atoms with van der Waals surface area (Å²) in [5, 5.41) is 11.1. The normalized spacial score (nSPS) is 12.3. The Morgan fingerprint density at radius 3 is 2.67 bits per heavy atom. The third-order valence-electron chi connectivity index (χ3n) is 2.49. The Labute approximate surface area is 88.9 Å². The van der Waals surface area contributed by atoms with Gasteiger partial charge in [-0.25, -0.2) is 0 Å². The summed E-state index contributed by atoms with van der Waals surface area (Å²) >= 11 is 0. The first kappa shape index (κ1) is 9.70. The fourth-order valence-electron chi connectivity index (χ4n) is 1.75. The second kappa shape index (κ2) is 4.12. The van der Waals surface area contributed by atoms with E-state index in [2.05, 4.69) is 24.3 Å². The summed E-state index contributed by atoms with van der Waals surface area (Å²) in [7, 11) is 0. The van der Waals surface area contributed by atoms with Crippen molar-refractivity contribution in [2.45, 2.75) is 12.5 Å². The first-order valence-corrected chi connectivity index (χ1v) is 4.93. The van der Waals surface area contributed by atoms with E-state index in [9.17, 15) is 0 Å². The molecule has 2 nitrogen and oxygen atoms in total. The van der Waals surface area contributed by atoms with Gasteiger partial charge in [0.15, 0.2) is 0 Å². The minimum absolute atomic E-state index is 0.421. The van der Waals surface area contributed by atoms with Gasteiger partial charge in [-0.1, -0.05) is 42.5 Å². The van der Waals surface area contributed by atoms with Crippen molar-refractivity contribution in [2.75, 3.05) is 0 Å². The van der Waals surface area contributed by atoms with Gasteiger partial charge in [0.25, 0.3) is 0 Å². The molecule has 0 bridgehead atoms. The molecule has 74 valence electrons. The van der Waals surface area contributed by atoms with Crippen LogP contribution in [0.5, 0.6) is 0 Å². The fourth-order valence-corrected chi connectivity index (χ4v) is 1.75. The molecular formula is C13H12N2. The summed E-state index contributed by atoms with van der Waals surface area (Å²) in [6.07, 6.45) is 0.609. The van der Waals surface area contributed by atoms with Gasteiger partial charge in [-0.05, 0) is 16.3 Å². The molecule has 0 aliphatic carbocycles. The van der Waals surface area contributed by atoms with Crippen molar-refractivity contribution in [3.63, 3.8) is 0 Å². The van der Waals surface area contributed by atoms with Gasteiger partial charge >= 0.3 is 0 Å². The highest BCUT2D eigenvalue weighted by molar-refractivity contribution is 5.85. The largest absolute Gasteiger partial charge is 0.316 e. The molecule has 0 radical (unpaired) electrons. The summed E-state index contributed by atoms with van der Waals surface area (Å²) < 4.78 is 0. The molecule has 0 aromatic heterocycles. The van der Waals surface area contributed by atoms with Crippen LogP contribution in [0.25, 0.3) is 10.8 Å². The minimum Gasteiger partial charge on any atom is -0.316 e.